The van der Waals surface area contributed by atoms with Gasteiger partial charge in [0.2, 0.25) is 17.7 Å². The average molecular weight is 1200 g/mol. The monoisotopic (exact) mass is 1200 g/mol. The van der Waals surface area contributed by atoms with Crippen molar-refractivity contribution in [1.82, 2.24) is 53.6 Å². The molecule has 39 nitrogen and oxygen atoms in total. The van der Waals surface area contributed by atoms with Gasteiger partial charge in [0.05, 0.1) is 45.6 Å². The number of imidazole rings is 3. The Labute approximate surface area is 440 Å². The zero-order valence-corrected chi connectivity index (χ0v) is 45.0. The number of methoxy groups -OCH3 is 1. The number of hydrogen-bond acceptors (Lipinski definition) is 29. The molecular weight excluding hydrogens is 1150 g/mol. The zero-order chi connectivity index (χ0) is 57.5. The third kappa shape index (κ3) is 11.8. The topological polar surface area (TPSA) is 551 Å². The Hall–Kier alpha value is -5.15. The van der Waals surface area contributed by atoms with E-state index in [-0.39, 0.29) is 51.2 Å². The van der Waals surface area contributed by atoms with Crippen LogP contribution in [0.4, 0.5) is 17.7 Å². The van der Waals surface area contributed by atoms with E-state index in [1.807, 2.05) is 0 Å². The van der Waals surface area contributed by atoms with E-state index in [2.05, 4.69) is 48.5 Å². The molecule has 3 fully saturated rings. The molecule has 43 heteroatoms. The molecule has 3 aliphatic rings. The first-order chi connectivity index (χ1) is 36.9. The number of aromatic nitrogens is 12. The second kappa shape index (κ2) is 21.6. The summed E-state index contributed by atoms with van der Waals surface area (Å²) >= 11 is 0. The number of aliphatic hydroxyl groups excluding tert-OH is 2. The van der Waals surface area contributed by atoms with E-state index in [0.29, 0.717) is 0 Å². The quantitative estimate of drug-likeness (QED) is 0.0254. The first kappa shape index (κ1) is 58.5. The molecule has 0 radical (unpaired) electrons. The van der Waals surface area contributed by atoms with Crippen LogP contribution in [0.2, 0.25) is 0 Å². The Kier molecular flexibility index (Phi) is 16.0. The van der Waals surface area contributed by atoms with Gasteiger partial charge in [0, 0.05) is 7.11 Å². The van der Waals surface area contributed by atoms with Crippen LogP contribution in [-0.2, 0) is 75.7 Å². The Bertz CT molecular complexity index is 3600. The Balaban J connectivity index is 0.883. The van der Waals surface area contributed by atoms with Crippen molar-refractivity contribution >= 4 is 82.5 Å². The highest BCUT2D eigenvalue weighted by Gasteiger charge is 2.57. The molecule has 0 saturated carbocycles. The summed E-state index contributed by atoms with van der Waals surface area (Å²) < 4.78 is 117. The molecule has 9 heterocycles. The van der Waals surface area contributed by atoms with Crippen LogP contribution >= 0.6 is 31.3 Å². The Morgan fingerprint density at radius 3 is 1.96 bits per heavy atom. The third-order valence-electron chi connectivity index (χ3n) is 12.4. The number of nitrogens with two attached hydrogens (primary N) is 3. The molecular formula is C36H52N15O24P4+. The number of phosphoric ester groups is 3. The molecule has 0 aromatic carbocycles. The minimum Gasteiger partial charge on any atom is -0.387 e. The number of phosphoric acid groups is 4. The largest absolute Gasteiger partial charge is 0.490 e. The van der Waals surface area contributed by atoms with Crippen LogP contribution in [0.25, 0.3) is 33.5 Å². The molecule has 6 aromatic heterocycles. The van der Waals surface area contributed by atoms with Crippen molar-refractivity contribution in [2.24, 2.45) is 7.05 Å². The minimum atomic E-state index is -6.22. The number of ether oxygens (including phenoxy) is 5. The van der Waals surface area contributed by atoms with Crippen molar-refractivity contribution in [3.63, 3.8) is 0 Å². The van der Waals surface area contributed by atoms with Crippen molar-refractivity contribution in [3.8, 4) is 0 Å². The first-order valence-electron chi connectivity index (χ1n) is 22.9. The van der Waals surface area contributed by atoms with Gasteiger partial charge in [-0.05, 0) is 20.8 Å². The van der Waals surface area contributed by atoms with Crippen LogP contribution in [0, 0.1) is 0 Å². The smallest absolute Gasteiger partial charge is 0.387 e. The SMILES string of the molecule is COC1[C@@H](OP(=O)(O)OC[C@H]2O[C@@H](n3cnc4c(=O)[nH]c(N)nc43)C(O)[C@H]2OC(C)C)[C@@H](COP(=O)(O)OP(=O)(O)OP(=O)(O)OC[C@H]2O[C@@H]([n+]3cn(C)c4c(=O)[nH]c(N)nc43)C(C)(O)[C@H]2O)O[C@H]1n1cnc2c(N)ncnc21. The van der Waals surface area contributed by atoms with Crippen molar-refractivity contribution in [1.29, 1.82) is 0 Å². The number of anilines is 3. The third-order valence-corrected chi connectivity index (χ3v) is 17.6. The van der Waals surface area contributed by atoms with Gasteiger partial charge in [-0.2, -0.15) is 13.6 Å². The standard InChI is InChI=1S/C36H51N15O24P4/c1-13(2)69-21-14(70-31(20(21)52)50-11-43-18-27(50)44-34(38)46-29(18)54)6-66-76(57,58)73-22-15(71-32(23(22)65-5)49-10-42-17-25(37)40-9-41-26(17)49)7-67-77(59,60)74-79(63,64)75-78(61,62)68-8-16-24(53)36(3,56)33(72-16)51-12-48(4)19-28(51)45-35(39)47-30(19)55/h9-16,20-24,31-33,52-53,56H,6-8H2,1-5H3,(H11-,37,38,39,40,41,44,45,46,47,54,55,57,58,59,60,61,62,63,64)/p+1/t14-,15-,16-,20?,21+,22+,23?,24+,31-,32-,33-,36?/m1/s1. The maximum atomic E-state index is 13.9. The predicted molar refractivity (Wildman–Crippen MR) is 258 cm³/mol. The summed E-state index contributed by atoms with van der Waals surface area (Å²) in [6.45, 7) is 1.10. The predicted octanol–water partition coefficient (Wildman–Crippen LogP) is -2.89. The summed E-state index contributed by atoms with van der Waals surface area (Å²) in [6, 6.07) is 0. The Morgan fingerprint density at radius 2 is 1.32 bits per heavy atom. The normalized spacial score (nSPS) is 30.6. The van der Waals surface area contributed by atoms with E-state index in [0.717, 1.165) is 37.6 Å². The molecule has 0 amide bonds. The molecule has 15 N–H and O–H groups in total. The van der Waals surface area contributed by atoms with Crippen molar-refractivity contribution < 1.29 is 108 Å². The average Bonchev–Trinajstić information content (AvgIpc) is 4.41. The fourth-order valence-corrected chi connectivity index (χ4v) is 13.5. The van der Waals surface area contributed by atoms with Gasteiger partial charge in [0.1, 0.15) is 66.3 Å². The summed E-state index contributed by atoms with van der Waals surface area (Å²) in [5.41, 5.74) is 13.5. The highest BCUT2D eigenvalue weighted by atomic mass is 31.3. The van der Waals surface area contributed by atoms with Gasteiger partial charge in [-0.3, -0.25) is 51.4 Å². The van der Waals surface area contributed by atoms with Crippen molar-refractivity contribution in [3.05, 3.63) is 46.0 Å². The molecule has 0 spiro atoms. The number of aryl methyl sites for hydroxylation is 1. The second-order valence-electron chi connectivity index (χ2n) is 18.3. The van der Waals surface area contributed by atoms with Crippen LogP contribution < -0.4 is 32.9 Å². The lowest BCUT2D eigenvalue weighted by atomic mass is 9.96. The van der Waals surface area contributed by atoms with Crippen LogP contribution in [0.1, 0.15) is 39.5 Å². The lowest BCUT2D eigenvalue weighted by molar-refractivity contribution is -0.752. The highest BCUT2D eigenvalue weighted by molar-refractivity contribution is 7.66. The van der Waals surface area contributed by atoms with Gasteiger partial charge < -0.3 is 75.8 Å². The van der Waals surface area contributed by atoms with Crippen molar-refractivity contribution in [2.45, 2.75) is 100.0 Å². The summed E-state index contributed by atoms with van der Waals surface area (Å²) in [7, 11) is -20.9. The lowest BCUT2D eigenvalue weighted by Gasteiger charge is -2.27. The molecule has 0 aliphatic carbocycles. The number of aromatic amines is 2. The van der Waals surface area contributed by atoms with Gasteiger partial charge >= 0.3 is 36.9 Å². The van der Waals surface area contributed by atoms with Gasteiger partial charge in [-0.15, -0.1) is 0 Å². The minimum absolute atomic E-state index is 0.0212. The fraction of sp³-hybridized carbons (Fsp3) is 0.583. The molecule has 7 unspecified atom stereocenters. The molecule has 3 aliphatic heterocycles. The number of H-pyrrole nitrogens is 2. The van der Waals surface area contributed by atoms with E-state index >= 15 is 0 Å². The molecule has 3 saturated heterocycles. The number of hydrogen-bond donors (Lipinski definition) is 12. The molecule has 9 rings (SSSR count). The molecule has 16 atom stereocenters. The molecule has 79 heavy (non-hydrogen) atoms. The second-order valence-corrected chi connectivity index (χ2v) is 24.3. The van der Waals surface area contributed by atoms with Gasteiger partial charge in [0.25, 0.3) is 17.1 Å². The van der Waals surface area contributed by atoms with E-state index in [4.69, 9.17) is 59.0 Å². The molecule has 0 bridgehead atoms. The fourth-order valence-electron chi connectivity index (χ4n) is 9.02. The molecule has 434 valence electrons. The van der Waals surface area contributed by atoms with E-state index < -0.39 is 141 Å². The van der Waals surface area contributed by atoms with Crippen LogP contribution in [0.5, 0.6) is 0 Å². The first-order valence-corrected chi connectivity index (χ1v) is 28.9. The number of nitrogen functional groups attached to an aromatic ring is 3. The van der Waals surface area contributed by atoms with Gasteiger partial charge in [-0.1, -0.05) is 4.98 Å². The number of aliphatic hydroxyl groups is 3. The summed E-state index contributed by atoms with van der Waals surface area (Å²) in [5, 5.41) is 33.7. The van der Waals surface area contributed by atoms with Gasteiger partial charge in [0.15, 0.2) is 41.4 Å². The van der Waals surface area contributed by atoms with Crippen LogP contribution in [0.15, 0.2) is 34.9 Å². The highest BCUT2D eigenvalue weighted by Crippen LogP contribution is 2.68. The number of fused-ring (bicyclic) bond motifs is 3. The molecule has 6 aromatic rings. The lowest BCUT2D eigenvalue weighted by Crippen LogP contribution is -2.53. The number of nitrogens with zero attached hydrogens (tertiary/aromatic N) is 10. The Morgan fingerprint density at radius 1 is 0.747 bits per heavy atom. The van der Waals surface area contributed by atoms with Crippen LogP contribution in [-0.4, -0.2) is 176 Å². The summed E-state index contributed by atoms with van der Waals surface area (Å²) in [4.78, 5) is 96.8. The summed E-state index contributed by atoms with van der Waals surface area (Å²) in [5.74, 6) is -0.670. The number of nitrogens with one attached hydrogen (secondary N) is 2. The van der Waals surface area contributed by atoms with E-state index in [1.165, 1.54) is 27.1 Å². The van der Waals surface area contributed by atoms with Gasteiger partial charge in [-0.25, -0.2) is 42.8 Å². The van der Waals surface area contributed by atoms with Crippen molar-refractivity contribution in [2.75, 3.05) is 44.1 Å². The number of rotatable bonds is 21. The van der Waals surface area contributed by atoms with Crippen LogP contribution in [0.3, 0.4) is 0 Å². The zero-order valence-electron chi connectivity index (χ0n) is 41.4. The summed E-state index contributed by atoms with van der Waals surface area (Å²) in [6.07, 6.45) is -13.4. The van der Waals surface area contributed by atoms with E-state index in [1.54, 1.807) is 13.8 Å². The maximum absolute atomic E-state index is 13.9. The maximum Gasteiger partial charge on any atom is 0.490 e. The van der Waals surface area contributed by atoms with E-state index in [9.17, 15) is 62.7 Å².